The Kier molecular flexibility index (Phi) is 3.57. The highest BCUT2D eigenvalue weighted by Crippen LogP contribution is 2.17. The van der Waals surface area contributed by atoms with Gasteiger partial charge in [0.2, 0.25) is 0 Å². The van der Waals surface area contributed by atoms with Crippen LogP contribution in [0.3, 0.4) is 0 Å². The average molecular weight is 217 g/mol. The number of likely N-dealkylation sites (tertiary alicyclic amines) is 1. The second kappa shape index (κ2) is 4.52. The molecule has 0 aromatic carbocycles. The van der Waals surface area contributed by atoms with Crippen LogP contribution in [0, 0.1) is 20.2 Å². The summed E-state index contributed by atoms with van der Waals surface area (Å²) in [5, 5.41) is 21.3. The van der Waals surface area contributed by atoms with E-state index in [1.54, 1.807) is 0 Å². The van der Waals surface area contributed by atoms with E-state index in [4.69, 9.17) is 0 Å². The van der Waals surface area contributed by atoms with E-state index in [0.29, 0.717) is 6.54 Å². The van der Waals surface area contributed by atoms with Gasteiger partial charge in [0.15, 0.2) is 0 Å². The van der Waals surface area contributed by atoms with Gasteiger partial charge >= 0.3 is 0 Å². The second-order valence-electron chi connectivity index (χ2n) is 4.08. The Morgan fingerprint density at radius 1 is 1.20 bits per heavy atom. The lowest BCUT2D eigenvalue weighted by atomic mass is 9.99. The highest BCUT2D eigenvalue weighted by Gasteiger charge is 2.45. The quantitative estimate of drug-likeness (QED) is 0.504. The second-order valence-corrected chi connectivity index (χ2v) is 4.08. The Labute approximate surface area is 87.4 Å². The maximum Gasteiger partial charge on any atom is 0.291 e. The van der Waals surface area contributed by atoms with Crippen molar-refractivity contribution in [2.45, 2.75) is 38.4 Å². The molecular weight excluding hydrogens is 202 g/mol. The predicted molar refractivity (Wildman–Crippen MR) is 52.9 cm³/mol. The molecule has 7 nitrogen and oxygen atoms in total. The van der Waals surface area contributed by atoms with E-state index in [-0.39, 0.29) is 19.0 Å². The SMILES string of the molecule is CC(C)N1CCC([N+](=O)[O-])C([N+](=O)[O-])C1. The number of rotatable bonds is 3. The normalized spacial score (nSPS) is 27.9. The van der Waals surface area contributed by atoms with Crippen LogP contribution in [0.2, 0.25) is 0 Å². The maximum atomic E-state index is 10.7. The monoisotopic (exact) mass is 217 g/mol. The van der Waals surface area contributed by atoms with Gasteiger partial charge in [0.05, 0.1) is 6.54 Å². The number of nitro groups is 2. The van der Waals surface area contributed by atoms with Crippen molar-refractivity contribution in [1.29, 1.82) is 0 Å². The summed E-state index contributed by atoms with van der Waals surface area (Å²) in [6.07, 6.45) is 0.261. The summed E-state index contributed by atoms with van der Waals surface area (Å²) >= 11 is 0. The van der Waals surface area contributed by atoms with Gasteiger partial charge in [-0.3, -0.25) is 25.1 Å². The van der Waals surface area contributed by atoms with Crippen molar-refractivity contribution in [3.8, 4) is 0 Å². The fourth-order valence-electron chi connectivity index (χ4n) is 1.87. The van der Waals surface area contributed by atoms with Crippen molar-refractivity contribution in [2.24, 2.45) is 0 Å². The Balaban J connectivity index is 2.74. The lowest BCUT2D eigenvalue weighted by Gasteiger charge is -2.32. The first-order valence-corrected chi connectivity index (χ1v) is 4.94. The van der Waals surface area contributed by atoms with Gasteiger partial charge in [-0.25, -0.2) is 0 Å². The number of nitrogens with zero attached hydrogens (tertiary/aromatic N) is 3. The number of hydrogen-bond donors (Lipinski definition) is 0. The molecule has 1 heterocycles. The molecule has 0 aliphatic carbocycles. The van der Waals surface area contributed by atoms with Crippen LogP contribution in [-0.2, 0) is 0 Å². The van der Waals surface area contributed by atoms with E-state index >= 15 is 0 Å². The third kappa shape index (κ3) is 2.62. The molecule has 1 aliphatic heterocycles. The van der Waals surface area contributed by atoms with Crippen LogP contribution < -0.4 is 0 Å². The molecule has 0 aromatic rings. The van der Waals surface area contributed by atoms with E-state index in [0.717, 1.165) is 0 Å². The molecule has 0 bridgehead atoms. The molecule has 0 amide bonds. The molecular formula is C8H15N3O4. The van der Waals surface area contributed by atoms with Gasteiger partial charge in [-0.05, 0) is 13.8 Å². The zero-order chi connectivity index (χ0) is 11.6. The molecule has 0 spiro atoms. The van der Waals surface area contributed by atoms with E-state index in [9.17, 15) is 20.2 Å². The summed E-state index contributed by atoms with van der Waals surface area (Å²) in [5.41, 5.74) is 0. The van der Waals surface area contributed by atoms with Gasteiger partial charge in [-0.1, -0.05) is 0 Å². The van der Waals surface area contributed by atoms with Gasteiger partial charge in [0.1, 0.15) is 0 Å². The van der Waals surface area contributed by atoms with Crippen LogP contribution in [0.15, 0.2) is 0 Å². The van der Waals surface area contributed by atoms with Crippen LogP contribution in [0.5, 0.6) is 0 Å². The highest BCUT2D eigenvalue weighted by molar-refractivity contribution is 4.82. The summed E-state index contributed by atoms with van der Waals surface area (Å²) in [6, 6.07) is -1.91. The minimum atomic E-state index is -1.07. The molecule has 1 fully saturated rings. The zero-order valence-corrected chi connectivity index (χ0v) is 8.83. The van der Waals surface area contributed by atoms with Gasteiger partial charge in [0.25, 0.3) is 12.1 Å². The van der Waals surface area contributed by atoms with Crippen LogP contribution in [0.4, 0.5) is 0 Å². The molecule has 2 unspecified atom stereocenters. The molecule has 0 saturated carbocycles. The Hall–Kier alpha value is -1.24. The van der Waals surface area contributed by atoms with E-state index < -0.39 is 21.9 Å². The first kappa shape index (κ1) is 11.8. The summed E-state index contributed by atoms with van der Waals surface area (Å²) in [7, 11) is 0. The average Bonchev–Trinajstić information content (AvgIpc) is 2.16. The fraction of sp³-hybridized carbons (Fsp3) is 1.00. The van der Waals surface area contributed by atoms with E-state index in [1.807, 2.05) is 18.7 Å². The molecule has 1 aliphatic rings. The van der Waals surface area contributed by atoms with Crippen molar-refractivity contribution in [1.82, 2.24) is 4.90 Å². The predicted octanol–water partition coefficient (Wildman–Crippen LogP) is 0.391. The molecule has 7 heteroatoms. The Bertz CT molecular complexity index is 269. The first-order valence-electron chi connectivity index (χ1n) is 4.94. The van der Waals surface area contributed by atoms with Crippen LogP contribution in [0.25, 0.3) is 0 Å². The Morgan fingerprint density at radius 3 is 2.13 bits per heavy atom. The first-order chi connectivity index (χ1) is 6.93. The molecule has 0 aromatic heterocycles. The standard InChI is InChI=1S/C8H15N3O4/c1-6(2)9-4-3-7(10(12)13)8(5-9)11(14)15/h6-8H,3-5H2,1-2H3. The number of piperidine rings is 1. The topological polar surface area (TPSA) is 89.5 Å². The van der Waals surface area contributed by atoms with Crippen LogP contribution in [-0.4, -0.2) is 46.0 Å². The zero-order valence-electron chi connectivity index (χ0n) is 8.83. The van der Waals surface area contributed by atoms with Crippen molar-refractivity contribution in [3.63, 3.8) is 0 Å². The molecule has 15 heavy (non-hydrogen) atoms. The summed E-state index contributed by atoms with van der Waals surface area (Å²) in [4.78, 5) is 22.2. The smallest absolute Gasteiger partial charge is 0.291 e. The summed E-state index contributed by atoms with van der Waals surface area (Å²) in [5.74, 6) is 0. The van der Waals surface area contributed by atoms with Gasteiger partial charge < -0.3 is 0 Å². The molecule has 2 atom stereocenters. The lowest BCUT2D eigenvalue weighted by molar-refractivity contribution is -0.622. The van der Waals surface area contributed by atoms with Crippen LogP contribution in [0.1, 0.15) is 20.3 Å². The van der Waals surface area contributed by atoms with Crippen molar-refractivity contribution in [3.05, 3.63) is 20.2 Å². The van der Waals surface area contributed by atoms with Gasteiger partial charge in [-0.2, -0.15) is 0 Å². The van der Waals surface area contributed by atoms with Gasteiger partial charge in [0, 0.05) is 28.9 Å². The Morgan fingerprint density at radius 2 is 1.73 bits per heavy atom. The largest absolute Gasteiger partial charge is 0.294 e. The molecule has 1 rings (SSSR count). The molecule has 0 radical (unpaired) electrons. The van der Waals surface area contributed by atoms with Crippen molar-refractivity contribution < 1.29 is 9.85 Å². The third-order valence-electron chi connectivity index (χ3n) is 2.85. The van der Waals surface area contributed by atoms with Crippen molar-refractivity contribution >= 4 is 0 Å². The molecule has 0 N–H and O–H groups in total. The van der Waals surface area contributed by atoms with Crippen LogP contribution >= 0.6 is 0 Å². The minimum absolute atomic E-state index is 0.177. The fourth-order valence-corrected chi connectivity index (χ4v) is 1.87. The minimum Gasteiger partial charge on any atom is -0.294 e. The summed E-state index contributed by atoms with van der Waals surface area (Å²) in [6.45, 7) is 4.61. The van der Waals surface area contributed by atoms with Crippen molar-refractivity contribution in [2.75, 3.05) is 13.1 Å². The lowest BCUT2D eigenvalue weighted by Crippen LogP contribution is -2.54. The van der Waals surface area contributed by atoms with Gasteiger partial charge in [-0.15, -0.1) is 0 Å². The maximum absolute atomic E-state index is 10.7. The number of hydrogen-bond acceptors (Lipinski definition) is 5. The molecule has 1 saturated heterocycles. The van der Waals surface area contributed by atoms with E-state index in [2.05, 4.69) is 0 Å². The summed E-state index contributed by atoms with van der Waals surface area (Å²) < 4.78 is 0. The third-order valence-corrected chi connectivity index (χ3v) is 2.85. The highest BCUT2D eigenvalue weighted by atomic mass is 16.6. The molecule has 86 valence electrons. The van der Waals surface area contributed by atoms with E-state index in [1.165, 1.54) is 0 Å².